The summed E-state index contributed by atoms with van der Waals surface area (Å²) in [6.07, 6.45) is 0.436. The Kier molecular flexibility index (Phi) is 5.83. The van der Waals surface area contributed by atoms with Crippen LogP contribution in [0.1, 0.15) is 13.3 Å². The summed E-state index contributed by atoms with van der Waals surface area (Å²) in [5.74, 6) is 0.835. The maximum atomic E-state index is 8.38. The third-order valence-electron chi connectivity index (χ3n) is 1.95. The van der Waals surface area contributed by atoms with Gasteiger partial charge in [-0.05, 0) is 43.4 Å². The summed E-state index contributed by atoms with van der Waals surface area (Å²) < 4.78 is 5.33. The van der Waals surface area contributed by atoms with Gasteiger partial charge in [-0.1, -0.05) is 0 Å². The highest BCUT2D eigenvalue weighted by molar-refractivity contribution is 7.80. The molecule has 2 N–H and O–H groups in total. The Morgan fingerprint density at radius 1 is 1.41 bits per heavy atom. The molecule has 0 spiro atoms. The van der Waals surface area contributed by atoms with Crippen molar-refractivity contribution in [3.05, 3.63) is 24.3 Å². The van der Waals surface area contributed by atoms with E-state index in [0.717, 1.165) is 11.4 Å². The molecule has 90 valence electrons. The lowest BCUT2D eigenvalue weighted by molar-refractivity contribution is 0.340. The summed E-state index contributed by atoms with van der Waals surface area (Å²) in [4.78, 5) is 0. The lowest BCUT2D eigenvalue weighted by Crippen LogP contribution is -2.28. The Morgan fingerprint density at radius 3 is 2.71 bits per heavy atom. The van der Waals surface area contributed by atoms with E-state index >= 15 is 0 Å². The van der Waals surface area contributed by atoms with Gasteiger partial charge < -0.3 is 15.4 Å². The number of benzene rings is 1. The molecule has 0 amide bonds. The van der Waals surface area contributed by atoms with Crippen LogP contribution in [-0.2, 0) is 0 Å². The Morgan fingerprint density at radius 2 is 2.12 bits per heavy atom. The number of hydrogen-bond donors (Lipinski definition) is 2. The van der Waals surface area contributed by atoms with Gasteiger partial charge in [0.05, 0.1) is 19.1 Å². The minimum Gasteiger partial charge on any atom is -0.494 e. The quantitative estimate of drug-likeness (QED) is 0.619. The van der Waals surface area contributed by atoms with Crippen molar-refractivity contribution in [3.63, 3.8) is 0 Å². The zero-order valence-electron chi connectivity index (χ0n) is 9.69. The Labute approximate surface area is 107 Å². The minimum atomic E-state index is 0.436. The fourth-order valence-corrected chi connectivity index (χ4v) is 1.43. The van der Waals surface area contributed by atoms with Gasteiger partial charge in [0.15, 0.2) is 5.11 Å². The third-order valence-corrected chi connectivity index (χ3v) is 2.19. The van der Waals surface area contributed by atoms with E-state index in [1.165, 1.54) is 0 Å². The van der Waals surface area contributed by atoms with E-state index in [9.17, 15) is 0 Å². The molecule has 0 radical (unpaired) electrons. The molecular weight excluding hydrogens is 234 g/mol. The molecule has 0 heterocycles. The van der Waals surface area contributed by atoms with E-state index in [1.807, 2.05) is 37.3 Å². The fourth-order valence-electron chi connectivity index (χ4n) is 1.21. The Balaban J connectivity index is 2.40. The first kappa shape index (κ1) is 13.3. The molecule has 0 saturated heterocycles. The number of hydrogen-bond acceptors (Lipinski definition) is 3. The molecule has 5 heteroatoms. The SMILES string of the molecule is CCOc1ccc(NC(=S)NCCC#N)cc1. The van der Waals surface area contributed by atoms with E-state index in [2.05, 4.69) is 10.6 Å². The van der Waals surface area contributed by atoms with E-state index in [0.29, 0.717) is 24.7 Å². The van der Waals surface area contributed by atoms with Crippen molar-refractivity contribution in [1.29, 1.82) is 5.26 Å². The maximum absolute atomic E-state index is 8.38. The number of thiocarbonyl (C=S) groups is 1. The summed E-state index contributed by atoms with van der Waals surface area (Å²) in [7, 11) is 0. The van der Waals surface area contributed by atoms with Crippen LogP contribution in [-0.4, -0.2) is 18.3 Å². The van der Waals surface area contributed by atoms with Crippen LogP contribution in [0.2, 0.25) is 0 Å². The molecule has 0 atom stereocenters. The van der Waals surface area contributed by atoms with Gasteiger partial charge in [-0.15, -0.1) is 0 Å². The normalized spacial score (nSPS) is 9.18. The number of nitriles is 1. The van der Waals surface area contributed by atoms with Crippen molar-refractivity contribution in [3.8, 4) is 11.8 Å². The van der Waals surface area contributed by atoms with Crippen molar-refractivity contribution >= 4 is 23.0 Å². The highest BCUT2D eigenvalue weighted by Crippen LogP contribution is 2.15. The highest BCUT2D eigenvalue weighted by Gasteiger charge is 1.97. The number of anilines is 1. The average molecular weight is 249 g/mol. The maximum Gasteiger partial charge on any atom is 0.170 e. The van der Waals surface area contributed by atoms with Crippen LogP contribution in [0.25, 0.3) is 0 Å². The van der Waals surface area contributed by atoms with Gasteiger partial charge in [0, 0.05) is 12.2 Å². The first-order chi connectivity index (χ1) is 8.26. The van der Waals surface area contributed by atoms with Crippen molar-refractivity contribution in [2.75, 3.05) is 18.5 Å². The van der Waals surface area contributed by atoms with Gasteiger partial charge in [-0.3, -0.25) is 0 Å². The molecule has 1 aromatic carbocycles. The molecule has 0 unspecified atom stereocenters. The summed E-state index contributed by atoms with van der Waals surface area (Å²) in [5, 5.41) is 14.9. The second-order valence-electron chi connectivity index (χ2n) is 3.25. The lowest BCUT2D eigenvalue weighted by Gasteiger charge is -2.10. The molecule has 4 nitrogen and oxygen atoms in total. The first-order valence-corrected chi connectivity index (χ1v) is 5.81. The van der Waals surface area contributed by atoms with Crippen LogP contribution in [0, 0.1) is 11.3 Å². The molecule has 0 saturated carbocycles. The third kappa shape index (κ3) is 5.18. The Hall–Kier alpha value is -1.80. The van der Waals surface area contributed by atoms with Gasteiger partial charge in [-0.2, -0.15) is 5.26 Å². The van der Waals surface area contributed by atoms with E-state index in [-0.39, 0.29) is 0 Å². The number of ether oxygens (including phenoxy) is 1. The van der Waals surface area contributed by atoms with E-state index in [1.54, 1.807) is 0 Å². The highest BCUT2D eigenvalue weighted by atomic mass is 32.1. The van der Waals surface area contributed by atoms with Crippen molar-refractivity contribution in [2.45, 2.75) is 13.3 Å². The van der Waals surface area contributed by atoms with Crippen LogP contribution in [0.4, 0.5) is 5.69 Å². The molecule has 1 aromatic rings. The molecule has 0 bridgehead atoms. The summed E-state index contributed by atoms with van der Waals surface area (Å²) >= 11 is 5.07. The number of nitrogens with zero attached hydrogens (tertiary/aromatic N) is 1. The van der Waals surface area contributed by atoms with Crippen molar-refractivity contribution in [1.82, 2.24) is 5.32 Å². The number of nitrogens with one attached hydrogen (secondary N) is 2. The topological polar surface area (TPSA) is 57.1 Å². The van der Waals surface area contributed by atoms with Gasteiger partial charge in [0.25, 0.3) is 0 Å². The van der Waals surface area contributed by atoms with Gasteiger partial charge >= 0.3 is 0 Å². The first-order valence-electron chi connectivity index (χ1n) is 5.41. The predicted molar refractivity (Wildman–Crippen MR) is 72.1 cm³/mol. The molecule has 1 rings (SSSR count). The molecule has 17 heavy (non-hydrogen) atoms. The van der Waals surface area contributed by atoms with Gasteiger partial charge in [-0.25, -0.2) is 0 Å². The van der Waals surface area contributed by atoms with Crippen LogP contribution >= 0.6 is 12.2 Å². The van der Waals surface area contributed by atoms with Crippen LogP contribution in [0.3, 0.4) is 0 Å². The summed E-state index contributed by atoms with van der Waals surface area (Å²) in [5.41, 5.74) is 0.892. The lowest BCUT2D eigenvalue weighted by atomic mass is 10.3. The van der Waals surface area contributed by atoms with Crippen molar-refractivity contribution < 1.29 is 4.74 Å². The fraction of sp³-hybridized carbons (Fsp3) is 0.333. The van der Waals surface area contributed by atoms with Gasteiger partial charge in [0.1, 0.15) is 5.75 Å². The molecule has 0 aliphatic rings. The minimum absolute atomic E-state index is 0.436. The van der Waals surface area contributed by atoms with Crippen LogP contribution in [0.5, 0.6) is 5.75 Å². The predicted octanol–water partition coefficient (Wildman–Crippen LogP) is 2.29. The average Bonchev–Trinajstić information content (AvgIpc) is 2.32. The second kappa shape index (κ2) is 7.47. The number of rotatable bonds is 5. The van der Waals surface area contributed by atoms with E-state index < -0.39 is 0 Å². The molecule has 0 fully saturated rings. The second-order valence-corrected chi connectivity index (χ2v) is 3.65. The standard InChI is InChI=1S/C12H15N3OS/c1-2-16-11-6-4-10(5-7-11)15-12(17)14-9-3-8-13/h4-7H,2-3,9H2,1H3,(H2,14,15,17). The Bertz CT molecular complexity index is 397. The zero-order valence-corrected chi connectivity index (χ0v) is 10.5. The smallest absolute Gasteiger partial charge is 0.170 e. The van der Waals surface area contributed by atoms with E-state index in [4.69, 9.17) is 22.2 Å². The van der Waals surface area contributed by atoms with Crippen molar-refractivity contribution in [2.24, 2.45) is 0 Å². The van der Waals surface area contributed by atoms with Crippen LogP contribution < -0.4 is 15.4 Å². The summed E-state index contributed by atoms with van der Waals surface area (Å²) in [6, 6.07) is 9.58. The van der Waals surface area contributed by atoms with Gasteiger partial charge in [0.2, 0.25) is 0 Å². The zero-order chi connectivity index (χ0) is 12.5. The monoisotopic (exact) mass is 249 g/mol. The largest absolute Gasteiger partial charge is 0.494 e. The molecule has 0 aromatic heterocycles. The molecule has 0 aliphatic carbocycles. The van der Waals surface area contributed by atoms with Crippen LogP contribution in [0.15, 0.2) is 24.3 Å². The molecule has 0 aliphatic heterocycles. The molecular formula is C12H15N3OS. The summed E-state index contributed by atoms with van der Waals surface area (Å²) in [6.45, 7) is 3.15.